The first-order chi connectivity index (χ1) is 10.9. The highest BCUT2D eigenvalue weighted by atomic mass is 16.7. The molecular formula is C14H18O9. The summed E-state index contributed by atoms with van der Waals surface area (Å²) in [5.74, 6) is -1.52. The van der Waals surface area contributed by atoms with Gasteiger partial charge >= 0.3 is 5.97 Å². The van der Waals surface area contributed by atoms with Crippen LogP contribution in [0.15, 0.2) is 18.2 Å². The second-order valence-electron chi connectivity index (χ2n) is 4.96. The summed E-state index contributed by atoms with van der Waals surface area (Å²) in [5, 5.41) is 48.3. The highest BCUT2D eigenvalue weighted by Crippen LogP contribution is 2.33. The lowest BCUT2D eigenvalue weighted by Crippen LogP contribution is -2.60. The number of benzene rings is 1. The van der Waals surface area contributed by atoms with E-state index in [1.54, 1.807) is 0 Å². The number of phenolic OH excluding ortho intramolecular Hbond substituents is 1. The summed E-state index contributed by atoms with van der Waals surface area (Å²) in [5.41, 5.74) is -0.121. The Labute approximate surface area is 131 Å². The highest BCUT2D eigenvalue weighted by molar-refractivity contribution is 5.93. The third-order valence-corrected chi connectivity index (χ3v) is 3.48. The van der Waals surface area contributed by atoms with Crippen LogP contribution in [-0.2, 0) is 9.47 Å². The van der Waals surface area contributed by atoms with Crippen LogP contribution in [0.2, 0.25) is 0 Å². The molecule has 0 radical (unpaired) electrons. The minimum Gasteiger partial charge on any atom is -0.504 e. The number of aliphatic hydroxyl groups is 4. The summed E-state index contributed by atoms with van der Waals surface area (Å²) >= 11 is 0. The molecule has 5 N–H and O–H groups in total. The summed E-state index contributed by atoms with van der Waals surface area (Å²) in [6.45, 7) is -0.630. The SMILES string of the molecule is COC(=O)c1cccc(O)c1O[C@@H]1O[C@H](CO)[C@@H](O)[C@H](O)[C@H]1O. The maximum atomic E-state index is 11.7. The van der Waals surface area contributed by atoms with Gasteiger partial charge < -0.3 is 39.7 Å². The number of aliphatic hydroxyl groups excluding tert-OH is 4. The zero-order chi connectivity index (χ0) is 17.1. The zero-order valence-corrected chi connectivity index (χ0v) is 12.2. The summed E-state index contributed by atoms with van der Waals surface area (Å²) in [6, 6.07) is 3.96. The van der Waals surface area contributed by atoms with E-state index < -0.39 is 49.0 Å². The summed E-state index contributed by atoms with van der Waals surface area (Å²) < 4.78 is 15.0. The molecule has 0 spiro atoms. The Morgan fingerprint density at radius 3 is 2.52 bits per heavy atom. The van der Waals surface area contributed by atoms with Crippen LogP contribution >= 0.6 is 0 Å². The maximum Gasteiger partial charge on any atom is 0.341 e. The van der Waals surface area contributed by atoms with Gasteiger partial charge in [-0.25, -0.2) is 4.79 Å². The molecule has 0 aliphatic carbocycles. The molecule has 9 heteroatoms. The molecule has 1 aliphatic rings. The van der Waals surface area contributed by atoms with E-state index in [1.165, 1.54) is 18.2 Å². The number of aromatic hydroxyl groups is 1. The molecule has 1 aromatic rings. The van der Waals surface area contributed by atoms with Crippen LogP contribution in [0.3, 0.4) is 0 Å². The molecule has 0 aromatic heterocycles. The lowest BCUT2D eigenvalue weighted by molar-refractivity contribution is -0.277. The van der Waals surface area contributed by atoms with Crippen molar-refractivity contribution >= 4 is 5.97 Å². The number of phenols is 1. The molecule has 9 nitrogen and oxygen atoms in total. The largest absolute Gasteiger partial charge is 0.504 e. The number of carbonyl (C=O) groups excluding carboxylic acids is 1. The second kappa shape index (κ2) is 7.11. The van der Waals surface area contributed by atoms with Gasteiger partial charge in [0.15, 0.2) is 11.5 Å². The van der Waals surface area contributed by atoms with Gasteiger partial charge in [-0.15, -0.1) is 0 Å². The van der Waals surface area contributed by atoms with Crippen LogP contribution in [0.1, 0.15) is 10.4 Å². The fourth-order valence-corrected chi connectivity index (χ4v) is 2.20. The van der Waals surface area contributed by atoms with E-state index in [0.717, 1.165) is 7.11 Å². The van der Waals surface area contributed by atoms with Crippen LogP contribution in [0.4, 0.5) is 0 Å². The van der Waals surface area contributed by atoms with Gasteiger partial charge in [-0.2, -0.15) is 0 Å². The summed E-state index contributed by atoms with van der Waals surface area (Å²) in [7, 11) is 1.14. The summed E-state index contributed by atoms with van der Waals surface area (Å²) in [6.07, 6.45) is -7.55. The first-order valence-corrected chi connectivity index (χ1v) is 6.78. The van der Waals surface area contributed by atoms with E-state index in [2.05, 4.69) is 4.74 Å². The molecule has 2 rings (SSSR count). The minimum atomic E-state index is -1.67. The highest BCUT2D eigenvalue weighted by Gasteiger charge is 2.45. The van der Waals surface area contributed by atoms with Crippen molar-refractivity contribution < 1.29 is 44.5 Å². The van der Waals surface area contributed by atoms with E-state index in [0.29, 0.717) is 0 Å². The number of hydrogen-bond acceptors (Lipinski definition) is 9. The van der Waals surface area contributed by atoms with Crippen molar-refractivity contribution in [1.29, 1.82) is 0 Å². The predicted octanol–water partition coefficient (Wildman–Crippen LogP) is -1.64. The number of ether oxygens (including phenoxy) is 3. The number of esters is 1. The summed E-state index contributed by atoms with van der Waals surface area (Å²) in [4.78, 5) is 11.7. The van der Waals surface area contributed by atoms with E-state index in [-0.39, 0.29) is 11.3 Å². The molecule has 1 aromatic carbocycles. The number of rotatable bonds is 4. The number of para-hydroxylation sites is 1. The Hall–Kier alpha value is -1.91. The lowest BCUT2D eigenvalue weighted by atomic mass is 9.99. The molecule has 1 saturated heterocycles. The Bertz CT molecular complexity index is 559. The average Bonchev–Trinajstić information content (AvgIpc) is 2.56. The standard InChI is InChI=1S/C14H18O9/c1-21-13(20)6-3-2-4-7(16)12(6)23-14-11(19)10(18)9(17)8(5-15)22-14/h2-4,8-11,14-19H,5H2,1H3/t8-,9-,10+,11-,14+/m1/s1. The van der Waals surface area contributed by atoms with Gasteiger partial charge in [0.05, 0.1) is 13.7 Å². The molecule has 1 fully saturated rings. The normalized spacial score (nSPS) is 30.7. The number of carbonyl (C=O) groups is 1. The minimum absolute atomic E-state index is 0.121. The quantitative estimate of drug-likeness (QED) is 0.410. The Balaban J connectivity index is 2.29. The Morgan fingerprint density at radius 1 is 1.22 bits per heavy atom. The smallest absolute Gasteiger partial charge is 0.341 e. The topological polar surface area (TPSA) is 146 Å². The molecule has 5 atom stereocenters. The van der Waals surface area contributed by atoms with E-state index >= 15 is 0 Å². The van der Waals surface area contributed by atoms with Crippen molar-refractivity contribution in [2.75, 3.05) is 13.7 Å². The molecule has 1 aliphatic heterocycles. The van der Waals surface area contributed by atoms with Gasteiger partial charge in [0.25, 0.3) is 0 Å². The molecule has 0 bridgehead atoms. The van der Waals surface area contributed by atoms with E-state index in [1.807, 2.05) is 0 Å². The fourth-order valence-electron chi connectivity index (χ4n) is 2.20. The predicted molar refractivity (Wildman–Crippen MR) is 73.8 cm³/mol. The van der Waals surface area contributed by atoms with Gasteiger partial charge in [-0.1, -0.05) is 6.07 Å². The van der Waals surface area contributed by atoms with Gasteiger partial charge in [-0.3, -0.25) is 0 Å². The zero-order valence-electron chi connectivity index (χ0n) is 12.2. The average molecular weight is 330 g/mol. The molecular weight excluding hydrogens is 312 g/mol. The Morgan fingerprint density at radius 2 is 1.91 bits per heavy atom. The first kappa shape index (κ1) is 17.4. The van der Waals surface area contributed by atoms with Crippen LogP contribution in [0.25, 0.3) is 0 Å². The molecule has 0 unspecified atom stereocenters. The van der Waals surface area contributed by atoms with Crippen molar-refractivity contribution in [1.82, 2.24) is 0 Å². The van der Waals surface area contributed by atoms with Crippen LogP contribution in [0.5, 0.6) is 11.5 Å². The van der Waals surface area contributed by atoms with Crippen LogP contribution in [-0.4, -0.2) is 75.9 Å². The Kier molecular flexibility index (Phi) is 5.39. The van der Waals surface area contributed by atoms with Crippen molar-refractivity contribution in [3.8, 4) is 11.5 Å². The monoisotopic (exact) mass is 330 g/mol. The second-order valence-corrected chi connectivity index (χ2v) is 4.96. The van der Waals surface area contributed by atoms with Gasteiger partial charge in [0.2, 0.25) is 6.29 Å². The maximum absolute atomic E-state index is 11.7. The van der Waals surface area contributed by atoms with Crippen molar-refractivity contribution in [2.45, 2.75) is 30.7 Å². The van der Waals surface area contributed by atoms with Crippen molar-refractivity contribution in [2.24, 2.45) is 0 Å². The van der Waals surface area contributed by atoms with Crippen LogP contribution < -0.4 is 4.74 Å². The molecule has 0 saturated carbocycles. The molecule has 1 heterocycles. The lowest BCUT2D eigenvalue weighted by Gasteiger charge is -2.39. The molecule has 0 amide bonds. The molecule has 23 heavy (non-hydrogen) atoms. The van der Waals surface area contributed by atoms with Gasteiger partial charge in [0.1, 0.15) is 30.0 Å². The first-order valence-electron chi connectivity index (χ1n) is 6.78. The third kappa shape index (κ3) is 3.38. The number of methoxy groups -OCH3 is 1. The number of hydrogen-bond donors (Lipinski definition) is 5. The van der Waals surface area contributed by atoms with Crippen molar-refractivity contribution in [3.05, 3.63) is 23.8 Å². The van der Waals surface area contributed by atoms with E-state index in [9.17, 15) is 25.2 Å². The fraction of sp³-hybridized carbons (Fsp3) is 0.500. The van der Waals surface area contributed by atoms with E-state index in [4.69, 9.17) is 14.6 Å². The molecule has 128 valence electrons. The van der Waals surface area contributed by atoms with Gasteiger partial charge in [-0.05, 0) is 12.1 Å². The third-order valence-electron chi connectivity index (χ3n) is 3.48. The van der Waals surface area contributed by atoms with Crippen molar-refractivity contribution in [3.63, 3.8) is 0 Å². The van der Waals surface area contributed by atoms with Crippen LogP contribution in [0, 0.1) is 0 Å². The van der Waals surface area contributed by atoms with Gasteiger partial charge in [0, 0.05) is 0 Å².